The number of benzene rings is 2. The van der Waals surface area contributed by atoms with E-state index in [1.807, 2.05) is 43.4 Å². The Morgan fingerprint density at radius 2 is 1.97 bits per heavy atom. The topological polar surface area (TPSA) is 76.5 Å². The minimum Gasteiger partial charge on any atom is -0.488 e. The lowest BCUT2D eigenvalue weighted by atomic mass is 9.93. The number of aromatic nitrogens is 2. The van der Waals surface area contributed by atoms with Gasteiger partial charge in [0.05, 0.1) is 5.69 Å². The average molecular weight is 461 g/mol. The fourth-order valence-electron chi connectivity index (χ4n) is 4.34. The Morgan fingerprint density at radius 1 is 1.21 bits per heavy atom. The molecule has 0 bridgehead atoms. The first-order chi connectivity index (χ1) is 16.4. The second kappa shape index (κ2) is 10.1. The molecule has 2 amide bonds. The first kappa shape index (κ1) is 23.5. The first-order valence-electron chi connectivity index (χ1n) is 11.8. The van der Waals surface area contributed by atoms with E-state index in [1.165, 1.54) is 12.5 Å². The molecule has 7 heteroatoms. The Labute approximate surface area is 200 Å². The van der Waals surface area contributed by atoms with E-state index in [9.17, 15) is 9.59 Å². The lowest BCUT2D eigenvalue weighted by molar-refractivity contribution is -0.119. The van der Waals surface area contributed by atoms with Gasteiger partial charge in [-0.3, -0.25) is 14.3 Å². The minimum atomic E-state index is -0.170. The molecule has 34 heavy (non-hydrogen) atoms. The highest BCUT2D eigenvalue weighted by Gasteiger charge is 2.31. The molecule has 1 aliphatic rings. The molecule has 1 aromatic heterocycles. The number of carbonyl (C=O) groups is 2. The fourth-order valence-corrected chi connectivity index (χ4v) is 4.34. The maximum Gasteiger partial charge on any atom is 0.275 e. The van der Waals surface area contributed by atoms with Crippen LogP contribution in [0.25, 0.3) is 11.3 Å². The van der Waals surface area contributed by atoms with Gasteiger partial charge in [-0.15, -0.1) is 0 Å². The molecule has 0 radical (unpaired) electrons. The lowest BCUT2D eigenvalue weighted by Gasteiger charge is -2.24. The van der Waals surface area contributed by atoms with Gasteiger partial charge in [-0.2, -0.15) is 5.10 Å². The van der Waals surface area contributed by atoms with Crippen LogP contribution < -0.4 is 10.1 Å². The number of ether oxygens (including phenoxy) is 1. The van der Waals surface area contributed by atoms with Crippen molar-refractivity contribution in [2.75, 3.05) is 13.1 Å². The maximum absolute atomic E-state index is 13.7. The second-order valence-corrected chi connectivity index (χ2v) is 8.85. The number of nitrogens with one attached hydrogen (secondary N) is 1. The van der Waals surface area contributed by atoms with E-state index in [-0.39, 0.29) is 11.8 Å². The van der Waals surface area contributed by atoms with Gasteiger partial charge in [0.1, 0.15) is 12.4 Å². The summed E-state index contributed by atoms with van der Waals surface area (Å²) in [7, 11) is 1.87. The van der Waals surface area contributed by atoms with Gasteiger partial charge in [0.25, 0.3) is 5.91 Å². The zero-order valence-electron chi connectivity index (χ0n) is 20.3. The van der Waals surface area contributed by atoms with Gasteiger partial charge in [-0.1, -0.05) is 50.2 Å². The van der Waals surface area contributed by atoms with Gasteiger partial charge in [0, 0.05) is 44.7 Å². The van der Waals surface area contributed by atoms with Crippen LogP contribution in [-0.4, -0.2) is 39.6 Å². The molecular formula is C27H32N4O3. The van der Waals surface area contributed by atoms with Gasteiger partial charge in [-0.05, 0) is 35.6 Å². The van der Waals surface area contributed by atoms with Crippen LogP contribution >= 0.6 is 0 Å². The Morgan fingerprint density at radius 3 is 2.68 bits per heavy atom. The Kier molecular flexibility index (Phi) is 7.01. The van der Waals surface area contributed by atoms with E-state index in [2.05, 4.69) is 36.4 Å². The standard InChI is InChI=1S/C27H32N4O3/c1-5-18(2)21-11-12-24-22(15-21)26-23(17-34-24)25(29-30(26)4)27(33)31(14-13-28-19(3)32)16-20-9-7-6-8-10-20/h6-12,15,18H,5,13-14,16-17H2,1-4H3,(H,28,32). The molecule has 2 heterocycles. The number of carbonyl (C=O) groups excluding carboxylic acids is 2. The molecule has 3 aromatic rings. The number of fused-ring (bicyclic) bond motifs is 3. The van der Waals surface area contributed by atoms with Crippen molar-refractivity contribution in [3.8, 4) is 17.0 Å². The maximum atomic E-state index is 13.7. The van der Waals surface area contributed by atoms with Crippen molar-refractivity contribution in [1.29, 1.82) is 0 Å². The van der Waals surface area contributed by atoms with Crippen LogP contribution in [0.3, 0.4) is 0 Å². The summed E-state index contributed by atoms with van der Waals surface area (Å²) in [6.45, 7) is 7.34. The Hall–Kier alpha value is -3.61. The van der Waals surface area contributed by atoms with Crippen LogP contribution in [0.1, 0.15) is 60.3 Å². The molecule has 0 spiro atoms. The normalized spacial score (nSPS) is 12.8. The zero-order valence-corrected chi connectivity index (χ0v) is 20.3. The first-order valence-corrected chi connectivity index (χ1v) is 11.8. The molecule has 1 N–H and O–H groups in total. The molecule has 7 nitrogen and oxygen atoms in total. The monoisotopic (exact) mass is 460 g/mol. The van der Waals surface area contributed by atoms with Crippen molar-refractivity contribution < 1.29 is 14.3 Å². The van der Waals surface area contributed by atoms with Crippen LogP contribution in [0.5, 0.6) is 5.75 Å². The van der Waals surface area contributed by atoms with Crippen LogP contribution in [0.2, 0.25) is 0 Å². The number of hydrogen-bond donors (Lipinski definition) is 1. The van der Waals surface area contributed by atoms with Crippen LogP contribution in [0, 0.1) is 0 Å². The summed E-state index contributed by atoms with van der Waals surface area (Å²) < 4.78 is 7.84. The molecular weight excluding hydrogens is 428 g/mol. The van der Waals surface area contributed by atoms with Crippen LogP contribution in [0.15, 0.2) is 48.5 Å². The summed E-state index contributed by atoms with van der Waals surface area (Å²) in [5, 5.41) is 7.44. The Balaban J connectivity index is 1.68. The highest BCUT2D eigenvalue weighted by molar-refractivity contribution is 5.96. The largest absolute Gasteiger partial charge is 0.488 e. The number of hydrogen-bond acceptors (Lipinski definition) is 4. The summed E-state index contributed by atoms with van der Waals surface area (Å²) in [5.74, 6) is 0.953. The van der Waals surface area contributed by atoms with Crippen molar-refractivity contribution in [2.24, 2.45) is 7.05 Å². The third kappa shape index (κ3) is 4.83. The number of amides is 2. The molecule has 1 atom stereocenters. The van der Waals surface area contributed by atoms with E-state index in [0.717, 1.165) is 34.6 Å². The van der Waals surface area contributed by atoms with Gasteiger partial charge >= 0.3 is 0 Å². The second-order valence-electron chi connectivity index (χ2n) is 8.85. The summed E-state index contributed by atoms with van der Waals surface area (Å²) in [6.07, 6.45) is 1.05. The predicted octanol–water partition coefficient (Wildman–Crippen LogP) is 4.27. The molecule has 178 valence electrons. The van der Waals surface area contributed by atoms with Crippen molar-refractivity contribution in [3.63, 3.8) is 0 Å². The quantitative estimate of drug-likeness (QED) is 0.545. The molecule has 0 saturated heterocycles. The average Bonchev–Trinajstić information content (AvgIpc) is 3.19. The van der Waals surface area contributed by atoms with Gasteiger partial charge in [-0.25, -0.2) is 0 Å². The van der Waals surface area contributed by atoms with Crippen molar-refractivity contribution >= 4 is 11.8 Å². The van der Waals surface area contributed by atoms with Crippen molar-refractivity contribution in [1.82, 2.24) is 20.0 Å². The SMILES string of the molecule is CCC(C)c1ccc2c(c1)-c1c(c(C(=O)N(CCNC(C)=O)Cc3ccccc3)nn1C)CO2. The molecule has 0 aliphatic carbocycles. The molecule has 0 saturated carbocycles. The van der Waals surface area contributed by atoms with Gasteiger partial charge in [0.2, 0.25) is 5.91 Å². The number of rotatable bonds is 8. The highest BCUT2D eigenvalue weighted by atomic mass is 16.5. The lowest BCUT2D eigenvalue weighted by Crippen LogP contribution is -2.38. The molecule has 1 unspecified atom stereocenters. The van der Waals surface area contributed by atoms with E-state index in [0.29, 0.717) is 37.9 Å². The van der Waals surface area contributed by atoms with Crippen molar-refractivity contribution in [2.45, 2.75) is 46.3 Å². The smallest absolute Gasteiger partial charge is 0.275 e. The summed E-state index contributed by atoms with van der Waals surface area (Å²) in [6, 6.07) is 16.1. The van der Waals surface area contributed by atoms with Gasteiger partial charge in [0.15, 0.2) is 5.69 Å². The summed E-state index contributed by atoms with van der Waals surface area (Å²) in [4.78, 5) is 26.8. The Bertz CT molecular complexity index is 1190. The van der Waals surface area contributed by atoms with E-state index in [1.54, 1.807) is 9.58 Å². The molecule has 1 aliphatic heterocycles. The zero-order chi connectivity index (χ0) is 24.2. The van der Waals surface area contributed by atoms with Crippen molar-refractivity contribution in [3.05, 3.63) is 70.9 Å². The summed E-state index contributed by atoms with van der Waals surface area (Å²) in [5.41, 5.74) is 5.36. The number of nitrogens with zero attached hydrogens (tertiary/aromatic N) is 3. The highest BCUT2D eigenvalue weighted by Crippen LogP contribution is 2.40. The molecule has 0 fully saturated rings. The van der Waals surface area contributed by atoms with E-state index in [4.69, 9.17) is 4.74 Å². The predicted molar refractivity (Wildman–Crippen MR) is 132 cm³/mol. The third-order valence-corrected chi connectivity index (χ3v) is 6.42. The van der Waals surface area contributed by atoms with E-state index >= 15 is 0 Å². The summed E-state index contributed by atoms with van der Waals surface area (Å²) >= 11 is 0. The molecule has 2 aromatic carbocycles. The third-order valence-electron chi connectivity index (χ3n) is 6.42. The fraction of sp³-hybridized carbons (Fsp3) is 0.370. The number of aryl methyl sites for hydroxylation is 1. The van der Waals surface area contributed by atoms with Crippen LogP contribution in [-0.2, 0) is 25.0 Å². The van der Waals surface area contributed by atoms with Crippen LogP contribution in [0.4, 0.5) is 0 Å². The minimum absolute atomic E-state index is 0.121. The van der Waals surface area contributed by atoms with E-state index < -0.39 is 0 Å². The molecule has 4 rings (SSSR count). The van der Waals surface area contributed by atoms with Gasteiger partial charge < -0.3 is 15.0 Å².